The van der Waals surface area contributed by atoms with E-state index in [4.69, 9.17) is 29.3 Å². The molecule has 0 aliphatic heterocycles. The summed E-state index contributed by atoms with van der Waals surface area (Å²) in [6, 6.07) is 60.3. The minimum atomic E-state index is -0.424. The fraction of sp³-hybridized carbons (Fsp3) is 0.0517. The summed E-state index contributed by atoms with van der Waals surface area (Å²) in [6.45, 7) is 4.51. The van der Waals surface area contributed by atoms with Crippen LogP contribution in [0.2, 0.25) is 0 Å². The Labute approximate surface area is 374 Å². The highest BCUT2D eigenvalue weighted by Gasteiger charge is 2.41. The fourth-order valence-electron chi connectivity index (χ4n) is 9.91. The predicted octanol–water partition coefficient (Wildman–Crippen LogP) is 13.7. The fourth-order valence-corrected chi connectivity index (χ4v) is 9.91. The van der Waals surface area contributed by atoms with E-state index < -0.39 is 5.41 Å². The Balaban J connectivity index is 1.02. The molecular weight excluding hydrogens is 797 g/mol. The van der Waals surface area contributed by atoms with E-state index in [1.165, 1.54) is 5.56 Å². The number of nitrogens with zero attached hydrogens (tertiary/aromatic N) is 6. The summed E-state index contributed by atoms with van der Waals surface area (Å²) in [4.78, 5) is 26.2. The third-order valence-electron chi connectivity index (χ3n) is 12.9. The first-order chi connectivity index (χ1) is 32.0. The van der Waals surface area contributed by atoms with Crippen LogP contribution < -0.4 is 0 Å². The van der Waals surface area contributed by atoms with E-state index in [1.54, 1.807) is 0 Å². The monoisotopic (exact) mass is 832 g/mol. The maximum atomic E-state index is 6.95. The van der Waals surface area contributed by atoms with Crippen molar-refractivity contribution in [2.24, 2.45) is 0 Å². The molecule has 0 atom stereocenters. The van der Waals surface area contributed by atoms with Crippen LogP contribution in [0.1, 0.15) is 42.0 Å². The Hall–Kier alpha value is -8.73. The van der Waals surface area contributed by atoms with Crippen LogP contribution in [0.3, 0.4) is 0 Å². The minimum Gasteiger partial charge on any atom is -0.455 e. The van der Waals surface area contributed by atoms with E-state index in [0.29, 0.717) is 34.6 Å². The molecule has 0 saturated carbocycles. The summed E-state index contributed by atoms with van der Waals surface area (Å²) in [6.07, 6.45) is 1.95. The Kier molecular flexibility index (Phi) is 8.03. The molecule has 304 valence electrons. The number of hydrogen-bond acceptors (Lipinski definition) is 6. The predicted molar refractivity (Wildman–Crippen MR) is 259 cm³/mol. The molecule has 11 aromatic rings. The average Bonchev–Trinajstić information content (AvgIpc) is 4.00. The zero-order valence-electron chi connectivity index (χ0n) is 35.4. The molecule has 7 aromatic carbocycles. The van der Waals surface area contributed by atoms with Crippen molar-refractivity contribution in [2.75, 3.05) is 0 Å². The van der Waals surface area contributed by atoms with E-state index in [2.05, 4.69) is 133 Å². The lowest BCUT2D eigenvalue weighted by Gasteiger charge is -2.24. The summed E-state index contributed by atoms with van der Waals surface area (Å²) in [5.41, 5.74) is 20.7. The molecular formula is C58H36N6O. The maximum absolute atomic E-state index is 6.95. The van der Waals surface area contributed by atoms with Crippen molar-refractivity contribution in [3.8, 4) is 62.5 Å². The molecule has 2 aliphatic carbocycles. The summed E-state index contributed by atoms with van der Waals surface area (Å²) >= 11 is 0. The SMILES string of the molecule is CC1(C)c2ccccc2-c2nc(-c3ccc4c(c3)c3ccccc3n4-c3ccccc3)nc(C3=C=C=Cc4c3oc3cccc(-c5nc(-c6ccccc6)nc(-c6ccccc6)n5)c43)c21. The zero-order valence-corrected chi connectivity index (χ0v) is 35.4. The largest absolute Gasteiger partial charge is 0.455 e. The van der Waals surface area contributed by atoms with Crippen LogP contribution in [-0.2, 0) is 5.41 Å². The van der Waals surface area contributed by atoms with E-state index in [1.807, 2.05) is 78.9 Å². The van der Waals surface area contributed by atoms with Crippen LogP contribution in [0.5, 0.6) is 0 Å². The van der Waals surface area contributed by atoms with Gasteiger partial charge in [0.1, 0.15) is 5.58 Å². The molecule has 0 amide bonds. The van der Waals surface area contributed by atoms with Crippen LogP contribution in [0.25, 0.3) is 107 Å². The normalized spacial score (nSPS) is 13.3. The lowest BCUT2D eigenvalue weighted by molar-refractivity contribution is 0.597. The highest BCUT2D eigenvalue weighted by atomic mass is 16.3. The van der Waals surface area contributed by atoms with Crippen LogP contribution >= 0.6 is 0 Å². The molecule has 0 unspecified atom stereocenters. The van der Waals surface area contributed by atoms with E-state index >= 15 is 0 Å². The summed E-state index contributed by atoms with van der Waals surface area (Å²) in [5.74, 6) is 3.01. The van der Waals surface area contributed by atoms with Gasteiger partial charge in [0.2, 0.25) is 0 Å². The standard InChI is InChI=1S/C58H36N6O/c1-58(2)45-29-14-12-25-40(45)51-50(58)52(60-56(59-51)37-32-33-47-44(34-37)39-24-13-15-30-46(39)64(47)38-22-10-5-11-23-38)43-28-16-26-41-49-42(27-17-31-48(49)65-53(41)43)57-62-54(35-18-6-3-7-19-35)61-55(63-57)36-20-8-4-9-21-36/h3-15,17-27,29-34H,1-2H3. The lowest BCUT2D eigenvalue weighted by Crippen LogP contribution is -2.19. The van der Waals surface area contributed by atoms with Gasteiger partial charge in [-0.05, 0) is 48.0 Å². The molecule has 4 aromatic heterocycles. The molecule has 65 heavy (non-hydrogen) atoms. The number of furan rings is 1. The first-order valence-electron chi connectivity index (χ1n) is 21.8. The third-order valence-corrected chi connectivity index (χ3v) is 12.9. The van der Waals surface area contributed by atoms with Crippen LogP contribution in [0, 0.1) is 0 Å². The van der Waals surface area contributed by atoms with E-state index in [0.717, 1.165) is 88.8 Å². The smallest absolute Gasteiger partial charge is 0.164 e. The number of hydrogen-bond donors (Lipinski definition) is 0. The van der Waals surface area contributed by atoms with Gasteiger partial charge in [0.25, 0.3) is 0 Å². The van der Waals surface area contributed by atoms with Gasteiger partial charge in [-0.15, -0.1) is 0 Å². The first-order valence-corrected chi connectivity index (χ1v) is 21.8. The van der Waals surface area contributed by atoms with Crippen molar-refractivity contribution >= 4 is 44.4 Å². The highest BCUT2D eigenvalue weighted by molar-refractivity contribution is 6.10. The molecule has 2 aliphatic rings. The van der Waals surface area contributed by atoms with Gasteiger partial charge in [0.15, 0.2) is 29.1 Å². The second kappa shape index (κ2) is 14.1. The lowest BCUT2D eigenvalue weighted by atomic mass is 9.80. The Morgan fingerprint density at radius 2 is 1.12 bits per heavy atom. The molecule has 0 bridgehead atoms. The van der Waals surface area contributed by atoms with Crippen LogP contribution in [-0.4, -0.2) is 29.5 Å². The van der Waals surface area contributed by atoms with Crippen molar-refractivity contribution in [1.29, 1.82) is 0 Å². The highest BCUT2D eigenvalue weighted by Crippen LogP contribution is 2.52. The molecule has 7 nitrogen and oxygen atoms in total. The van der Waals surface area contributed by atoms with Gasteiger partial charge >= 0.3 is 0 Å². The van der Waals surface area contributed by atoms with Gasteiger partial charge in [-0.3, -0.25) is 0 Å². The average molecular weight is 833 g/mol. The molecule has 13 rings (SSSR count). The molecule has 7 heteroatoms. The Bertz CT molecular complexity index is 3810. The van der Waals surface area contributed by atoms with Crippen molar-refractivity contribution in [3.05, 3.63) is 216 Å². The maximum Gasteiger partial charge on any atom is 0.164 e. The van der Waals surface area contributed by atoms with Gasteiger partial charge in [0.05, 0.1) is 28.0 Å². The molecule has 0 fully saturated rings. The van der Waals surface area contributed by atoms with E-state index in [-0.39, 0.29) is 0 Å². The summed E-state index contributed by atoms with van der Waals surface area (Å²) in [5, 5.41) is 3.17. The van der Waals surface area contributed by atoms with Crippen molar-refractivity contribution in [1.82, 2.24) is 29.5 Å². The zero-order chi connectivity index (χ0) is 43.2. The van der Waals surface area contributed by atoms with Crippen LogP contribution in [0.15, 0.2) is 192 Å². The quantitative estimate of drug-likeness (QED) is 0.155. The van der Waals surface area contributed by atoms with Gasteiger partial charge < -0.3 is 8.98 Å². The summed E-state index contributed by atoms with van der Waals surface area (Å²) in [7, 11) is 0. The number of fused-ring (bicyclic) bond motifs is 9. The number of benzene rings is 7. The number of para-hydroxylation sites is 2. The van der Waals surface area contributed by atoms with Gasteiger partial charge in [0, 0.05) is 72.3 Å². The molecule has 0 N–H and O–H groups in total. The second-order valence-corrected chi connectivity index (χ2v) is 17.1. The van der Waals surface area contributed by atoms with Crippen LogP contribution in [0.4, 0.5) is 0 Å². The molecule has 4 heterocycles. The second-order valence-electron chi connectivity index (χ2n) is 17.1. The van der Waals surface area contributed by atoms with Gasteiger partial charge in [-0.1, -0.05) is 159 Å². The van der Waals surface area contributed by atoms with E-state index in [9.17, 15) is 0 Å². The Morgan fingerprint density at radius 1 is 0.508 bits per heavy atom. The molecule has 0 saturated heterocycles. The van der Waals surface area contributed by atoms with Crippen molar-refractivity contribution in [2.45, 2.75) is 19.3 Å². The number of rotatable bonds is 6. The first kappa shape index (κ1) is 36.9. The molecule has 0 radical (unpaired) electrons. The van der Waals surface area contributed by atoms with Gasteiger partial charge in [-0.25, -0.2) is 24.9 Å². The minimum absolute atomic E-state index is 0.424. The molecule has 0 spiro atoms. The number of aromatic nitrogens is 6. The summed E-state index contributed by atoms with van der Waals surface area (Å²) < 4.78 is 9.27. The van der Waals surface area contributed by atoms with Crippen molar-refractivity contribution < 1.29 is 4.42 Å². The Morgan fingerprint density at radius 3 is 1.89 bits per heavy atom. The van der Waals surface area contributed by atoms with Crippen molar-refractivity contribution in [3.63, 3.8) is 0 Å². The third kappa shape index (κ3) is 5.67. The topological polar surface area (TPSA) is 82.5 Å². The van der Waals surface area contributed by atoms with Gasteiger partial charge in [-0.2, -0.15) is 0 Å².